The molecule has 2 aliphatic carbocycles. The lowest BCUT2D eigenvalue weighted by Gasteiger charge is -2.31. The van der Waals surface area contributed by atoms with Crippen molar-refractivity contribution in [3.8, 4) is 107 Å². The number of para-hydroxylation sites is 2. The van der Waals surface area contributed by atoms with Crippen molar-refractivity contribution in [2.24, 2.45) is 0 Å². The largest absolute Gasteiger partial charge is 0.292 e. The first-order chi connectivity index (χ1) is 37.7. The van der Waals surface area contributed by atoms with Gasteiger partial charge in [0.1, 0.15) is 5.82 Å². The highest BCUT2D eigenvalue weighted by Gasteiger charge is 2.52. The molecular formula is C71H45N5. The van der Waals surface area contributed by atoms with Crippen molar-refractivity contribution < 1.29 is 0 Å². The van der Waals surface area contributed by atoms with Crippen molar-refractivity contribution in [2.75, 3.05) is 0 Å². The molecular weight excluding hydrogens is 923 g/mol. The number of fused-ring (bicyclic) bond motifs is 11. The van der Waals surface area contributed by atoms with Crippen LogP contribution in [0.1, 0.15) is 22.3 Å². The number of rotatable bonds is 8. The normalized spacial score (nSPS) is 12.6. The maximum atomic E-state index is 5.43. The highest BCUT2D eigenvalue weighted by Crippen LogP contribution is 2.63. The molecule has 2 heterocycles. The monoisotopic (exact) mass is 967 g/mol. The summed E-state index contributed by atoms with van der Waals surface area (Å²) in [4.78, 5) is 21.3. The van der Waals surface area contributed by atoms with E-state index in [9.17, 15) is 0 Å². The van der Waals surface area contributed by atoms with E-state index >= 15 is 0 Å². The van der Waals surface area contributed by atoms with Gasteiger partial charge in [0.2, 0.25) is 0 Å². The molecule has 0 saturated carbocycles. The fourth-order valence-electron chi connectivity index (χ4n) is 12.1. The van der Waals surface area contributed by atoms with Gasteiger partial charge in [0.25, 0.3) is 0 Å². The van der Waals surface area contributed by atoms with E-state index < -0.39 is 5.41 Å². The second kappa shape index (κ2) is 17.5. The molecule has 13 aromatic rings. The Kier molecular flexibility index (Phi) is 10.0. The lowest BCUT2D eigenvalue weighted by Crippen LogP contribution is -2.26. The van der Waals surface area contributed by atoms with Gasteiger partial charge >= 0.3 is 0 Å². The van der Waals surface area contributed by atoms with E-state index in [1.54, 1.807) is 0 Å². The molecule has 2 aromatic heterocycles. The SMILES string of the molecule is c1ccc(-c2cc(-c3ccccc3)cc(-c3cccc(-c4nc(-c5ccccc5)nc(-c5ccc6c(c5)C5(c7ccccc7-c7ccccc75)c5cc(-n7c(-c8ccccc8)nc8ccccc87)ccc5-6)n4)c3)c2)cc1. The molecule has 11 aromatic carbocycles. The third kappa shape index (κ3) is 6.94. The van der Waals surface area contributed by atoms with Crippen molar-refractivity contribution in [3.05, 3.63) is 295 Å². The molecule has 0 unspecified atom stereocenters. The Morgan fingerprint density at radius 1 is 0.250 bits per heavy atom. The number of hydrogen-bond donors (Lipinski definition) is 0. The summed E-state index contributed by atoms with van der Waals surface area (Å²) in [6, 6.07) is 97.7. The first kappa shape index (κ1) is 43.5. The molecule has 0 aliphatic heterocycles. The predicted octanol–water partition coefficient (Wildman–Crippen LogP) is 17.2. The Morgan fingerprint density at radius 2 is 0.671 bits per heavy atom. The van der Waals surface area contributed by atoms with Gasteiger partial charge in [-0.05, 0) is 132 Å². The minimum Gasteiger partial charge on any atom is -0.292 e. The van der Waals surface area contributed by atoms with Gasteiger partial charge in [0.05, 0.1) is 16.4 Å². The van der Waals surface area contributed by atoms with Crippen molar-refractivity contribution in [2.45, 2.75) is 5.41 Å². The van der Waals surface area contributed by atoms with Crippen molar-refractivity contribution >= 4 is 11.0 Å². The van der Waals surface area contributed by atoms with Crippen LogP contribution in [-0.4, -0.2) is 24.5 Å². The van der Waals surface area contributed by atoms with Gasteiger partial charge in [-0.15, -0.1) is 0 Å². The first-order valence-corrected chi connectivity index (χ1v) is 25.9. The van der Waals surface area contributed by atoms with Gasteiger partial charge < -0.3 is 0 Å². The van der Waals surface area contributed by atoms with Gasteiger partial charge in [0.15, 0.2) is 17.5 Å². The van der Waals surface area contributed by atoms with Gasteiger partial charge in [-0.1, -0.05) is 218 Å². The highest BCUT2D eigenvalue weighted by atomic mass is 15.1. The van der Waals surface area contributed by atoms with E-state index in [0.29, 0.717) is 17.5 Å². The van der Waals surface area contributed by atoms with Crippen LogP contribution in [0, 0.1) is 0 Å². The standard InChI is InChI=1S/C71H45N5/c1-5-20-46(21-6-1)53-41-54(47-22-7-2-8-23-47)43-55(42-53)50-28-19-29-51(40-50)68-73-67(48-24-9-3-10-25-48)74-69(75-68)52-36-38-59-60-39-37-56(76-66-35-18-17-34-65(66)72-70(76)49-26-11-4-12-27-49)45-64(60)71(63(59)44-52)61-32-15-13-30-57(61)58-31-14-16-33-62(58)71/h1-45H. The molecule has 15 rings (SSSR count). The van der Waals surface area contributed by atoms with Crippen LogP contribution in [0.3, 0.4) is 0 Å². The minimum atomic E-state index is -0.646. The van der Waals surface area contributed by atoms with Crippen LogP contribution in [0.5, 0.6) is 0 Å². The van der Waals surface area contributed by atoms with Gasteiger partial charge in [0, 0.05) is 27.9 Å². The first-order valence-electron chi connectivity index (χ1n) is 25.9. The van der Waals surface area contributed by atoms with Crippen molar-refractivity contribution in [3.63, 3.8) is 0 Å². The summed E-state index contributed by atoms with van der Waals surface area (Å²) in [6.07, 6.45) is 0. The lowest BCUT2D eigenvalue weighted by molar-refractivity contribution is 0.792. The van der Waals surface area contributed by atoms with Crippen LogP contribution in [-0.2, 0) is 5.41 Å². The molecule has 0 N–H and O–H groups in total. The second-order valence-electron chi connectivity index (χ2n) is 19.7. The van der Waals surface area contributed by atoms with Crippen LogP contribution in [0.15, 0.2) is 273 Å². The Morgan fingerprint density at radius 3 is 1.29 bits per heavy atom. The zero-order valence-corrected chi connectivity index (χ0v) is 41.2. The average molecular weight is 968 g/mol. The maximum Gasteiger partial charge on any atom is 0.164 e. The topological polar surface area (TPSA) is 56.5 Å². The molecule has 0 amide bonds. The third-order valence-corrected chi connectivity index (χ3v) is 15.5. The van der Waals surface area contributed by atoms with Crippen molar-refractivity contribution in [1.82, 2.24) is 24.5 Å². The molecule has 0 bridgehead atoms. The minimum absolute atomic E-state index is 0.606. The Hall–Kier alpha value is -10.1. The molecule has 5 nitrogen and oxygen atoms in total. The number of nitrogens with zero attached hydrogens (tertiary/aromatic N) is 5. The Balaban J connectivity index is 0.917. The van der Waals surface area contributed by atoms with Crippen LogP contribution in [0.4, 0.5) is 0 Å². The summed E-state index contributed by atoms with van der Waals surface area (Å²) in [5, 5.41) is 0. The van der Waals surface area contributed by atoms with E-state index in [1.807, 2.05) is 18.2 Å². The highest BCUT2D eigenvalue weighted by molar-refractivity contribution is 5.97. The predicted molar refractivity (Wildman–Crippen MR) is 309 cm³/mol. The van der Waals surface area contributed by atoms with E-state index in [0.717, 1.165) is 67.1 Å². The molecule has 2 aliphatic rings. The fourth-order valence-corrected chi connectivity index (χ4v) is 12.1. The average Bonchev–Trinajstić information content (AvgIpc) is 4.35. The van der Waals surface area contributed by atoms with Gasteiger partial charge in [-0.3, -0.25) is 4.57 Å². The van der Waals surface area contributed by atoms with Crippen LogP contribution < -0.4 is 0 Å². The summed E-state index contributed by atoms with van der Waals surface area (Å²) in [5.74, 6) is 2.74. The molecule has 76 heavy (non-hydrogen) atoms. The third-order valence-electron chi connectivity index (χ3n) is 15.5. The summed E-state index contributed by atoms with van der Waals surface area (Å²) in [5.41, 5.74) is 22.9. The summed E-state index contributed by atoms with van der Waals surface area (Å²) < 4.78 is 2.33. The second-order valence-corrected chi connectivity index (χ2v) is 19.7. The van der Waals surface area contributed by atoms with Crippen LogP contribution >= 0.6 is 0 Å². The molecule has 0 fully saturated rings. The lowest BCUT2D eigenvalue weighted by atomic mass is 9.70. The number of hydrogen-bond acceptors (Lipinski definition) is 4. The number of imidazole rings is 1. The zero-order valence-electron chi connectivity index (χ0n) is 41.2. The van der Waals surface area contributed by atoms with Crippen LogP contribution in [0.25, 0.3) is 118 Å². The Labute approximate surface area is 440 Å². The zero-order chi connectivity index (χ0) is 50.2. The molecule has 354 valence electrons. The van der Waals surface area contributed by atoms with Crippen LogP contribution in [0.2, 0.25) is 0 Å². The molecule has 0 radical (unpaired) electrons. The van der Waals surface area contributed by atoms with Gasteiger partial charge in [-0.2, -0.15) is 0 Å². The van der Waals surface area contributed by atoms with Gasteiger partial charge in [-0.25, -0.2) is 19.9 Å². The van der Waals surface area contributed by atoms with E-state index in [2.05, 4.69) is 259 Å². The molecule has 1 spiro atoms. The van der Waals surface area contributed by atoms with E-state index in [4.69, 9.17) is 19.9 Å². The fraction of sp³-hybridized carbons (Fsp3) is 0.0141. The maximum absolute atomic E-state index is 5.43. The Bertz CT molecular complexity index is 4290. The number of aromatic nitrogens is 5. The summed E-state index contributed by atoms with van der Waals surface area (Å²) in [7, 11) is 0. The smallest absolute Gasteiger partial charge is 0.164 e. The quantitative estimate of drug-likeness (QED) is 0.152. The van der Waals surface area contributed by atoms with E-state index in [1.165, 1.54) is 55.6 Å². The molecule has 0 atom stereocenters. The number of benzene rings is 11. The van der Waals surface area contributed by atoms with Crippen molar-refractivity contribution in [1.29, 1.82) is 0 Å². The molecule has 5 heteroatoms. The van der Waals surface area contributed by atoms with E-state index in [-0.39, 0.29) is 0 Å². The summed E-state index contributed by atoms with van der Waals surface area (Å²) >= 11 is 0. The summed E-state index contributed by atoms with van der Waals surface area (Å²) in [6.45, 7) is 0. The molecule has 0 saturated heterocycles.